The number of ether oxygens (including phenoxy) is 1. The number of nitrogens with one attached hydrogen (secondary N) is 2. The average Bonchev–Trinajstić information content (AvgIpc) is 2.65. The molecule has 0 aromatic heterocycles. The normalized spacial score (nSPS) is 10.4. The highest BCUT2D eigenvalue weighted by atomic mass is 79.9. The number of hydrogen-bond donors (Lipinski definition) is 2. The van der Waals surface area contributed by atoms with Crippen LogP contribution in [0.3, 0.4) is 0 Å². The Bertz CT molecular complexity index is 921. The minimum atomic E-state index is -0.606. The van der Waals surface area contributed by atoms with Gasteiger partial charge in [0.2, 0.25) is 5.91 Å². The number of halogens is 2. The van der Waals surface area contributed by atoms with Crippen molar-refractivity contribution in [3.63, 3.8) is 0 Å². The Balaban J connectivity index is 1.75. The highest BCUT2D eigenvalue weighted by Gasteiger charge is 2.12. The second-order valence-electron chi connectivity index (χ2n) is 6.64. The van der Waals surface area contributed by atoms with E-state index < -0.39 is 18.5 Å². The standard InChI is InChI=1S/C21H22Br2N2O4/c1-12-8-15(22)4-5-17(12)25-18(26)6-7-20(28)29-11-19(27)24-16-9-13(2)21(23)14(3)10-16/h4-5,8-10H,6-7,11H2,1-3H3,(H,24,27)(H,25,26). The van der Waals surface area contributed by atoms with E-state index in [0.717, 1.165) is 25.6 Å². The maximum Gasteiger partial charge on any atom is 0.306 e. The average molecular weight is 526 g/mol. The van der Waals surface area contributed by atoms with Gasteiger partial charge in [0.05, 0.1) is 6.42 Å². The van der Waals surface area contributed by atoms with E-state index >= 15 is 0 Å². The van der Waals surface area contributed by atoms with Crippen molar-refractivity contribution in [1.82, 2.24) is 0 Å². The molecule has 154 valence electrons. The summed E-state index contributed by atoms with van der Waals surface area (Å²) in [5.74, 6) is -1.34. The second-order valence-corrected chi connectivity index (χ2v) is 8.35. The van der Waals surface area contributed by atoms with Crippen LogP contribution in [0.4, 0.5) is 11.4 Å². The fraction of sp³-hybridized carbons (Fsp3) is 0.286. The van der Waals surface area contributed by atoms with E-state index in [-0.39, 0.29) is 18.7 Å². The Labute approximate surface area is 186 Å². The first kappa shape index (κ1) is 23.1. The van der Waals surface area contributed by atoms with Gasteiger partial charge in [0.1, 0.15) is 0 Å². The number of carbonyl (C=O) groups excluding carboxylic acids is 3. The molecule has 0 bridgehead atoms. The van der Waals surface area contributed by atoms with Crippen LogP contribution in [0.15, 0.2) is 39.3 Å². The lowest BCUT2D eigenvalue weighted by Gasteiger charge is -2.10. The van der Waals surface area contributed by atoms with Crippen LogP contribution in [0.5, 0.6) is 0 Å². The van der Waals surface area contributed by atoms with E-state index in [1.54, 1.807) is 6.07 Å². The zero-order chi connectivity index (χ0) is 21.6. The lowest BCUT2D eigenvalue weighted by molar-refractivity contribution is -0.147. The number of esters is 1. The molecule has 0 heterocycles. The third-order valence-electron chi connectivity index (χ3n) is 4.10. The van der Waals surface area contributed by atoms with E-state index in [1.165, 1.54) is 0 Å². The van der Waals surface area contributed by atoms with E-state index in [0.29, 0.717) is 11.4 Å². The number of aryl methyl sites for hydroxylation is 3. The van der Waals surface area contributed by atoms with Crippen LogP contribution < -0.4 is 10.6 Å². The van der Waals surface area contributed by atoms with Gasteiger partial charge in [-0.2, -0.15) is 0 Å². The largest absolute Gasteiger partial charge is 0.456 e. The van der Waals surface area contributed by atoms with Gasteiger partial charge < -0.3 is 15.4 Å². The van der Waals surface area contributed by atoms with E-state index in [2.05, 4.69) is 42.5 Å². The molecule has 0 aliphatic rings. The predicted molar refractivity (Wildman–Crippen MR) is 120 cm³/mol. The van der Waals surface area contributed by atoms with Gasteiger partial charge in [-0.1, -0.05) is 31.9 Å². The van der Waals surface area contributed by atoms with Gasteiger partial charge in [0, 0.05) is 26.7 Å². The maximum atomic E-state index is 12.0. The molecule has 0 saturated heterocycles. The van der Waals surface area contributed by atoms with Crippen LogP contribution in [-0.2, 0) is 19.1 Å². The Morgan fingerprint density at radius 3 is 2.14 bits per heavy atom. The maximum absolute atomic E-state index is 12.0. The van der Waals surface area contributed by atoms with Gasteiger partial charge in [0.25, 0.3) is 5.91 Å². The summed E-state index contributed by atoms with van der Waals surface area (Å²) in [4.78, 5) is 35.8. The molecule has 2 aromatic carbocycles. The van der Waals surface area contributed by atoms with Gasteiger partial charge in [-0.15, -0.1) is 0 Å². The summed E-state index contributed by atoms with van der Waals surface area (Å²) in [5.41, 5.74) is 4.21. The fourth-order valence-electron chi connectivity index (χ4n) is 2.63. The zero-order valence-corrected chi connectivity index (χ0v) is 19.6. The molecule has 0 aliphatic heterocycles. The first-order valence-electron chi connectivity index (χ1n) is 8.94. The van der Waals surface area contributed by atoms with Gasteiger partial charge in [-0.05, 0) is 67.8 Å². The van der Waals surface area contributed by atoms with Crippen LogP contribution in [0, 0.1) is 20.8 Å². The predicted octanol–water partition coefficient (Wildman–Crippen LogP) is 5.04. The molecule has 2 N–H and O–H groups in total. The number of benzene rings is 2. The Kier molecular flexibility index (Phi) is 8.40. The van der Waals surface area contributed by atoms with E-state index in [1.807, 2.05) is 45.0 Å². The topological polar surface area (TPSA) is 84.5 Å². The highest BCUT2D eigenvalue weighted by molar-refractivity contribution is 9.10. The highest BCUT2D eigenvalue weighted by Crippen LogP contribution is 2.25. The molecule has 0 spiro atoms. The lowest BCUT2D eigenvalue weighted by atomic mass is 10.1. The minimum absolute atomic E-state index is 0.0267. The molecule has 2 amide bonds. The molecule has 8 heteroatoms. The smallest absolute Gasteiger partial charge is 0.306 e. The van der Waals surface area contributed by atoms with Gasteiger partial charge in [-0.25, -0.2) is 0 Å². The monoisotopic (exact) mass is 524 g/mol. The molecule has 0 fully saturated rings. The van der Waals surface area contributed by atoms with Crippen LogP contribution in [0.2, 0.25) is 0 Å². The summed E-state index contributed by atoms with van der Waals surface area (Å²) >= 11 is 6.83. The summed E-state index contributed by atoms with van der Waals surface area (Å²) in [6, 6.07) is 9.14. The van der Waals surface area contributed by atoms with Crippen molar-refractivity contribution in [2.45, 2.75) is 33.6 Å². The third-order valence-corrected chi connectivity index (χ3v) is 5.85. The van der Waals surface area contributed by atoms with Crippen molar-refractivity contribution in [3.8, 4) is 0 Å². The molecule has 0 atom stereocenters. The Morgan fingerprint density at radius 1 is 0.862 bits per heavy atom. The van der Waals surface area contributed by atoms with Crippen molar-refractivity contribution in [2.24, 2.45) is 0 Å². The summed E-state index contributed by atoms with van der Waals surface area (Å²) < 4.78 is 6.86. The van der Waals surface area contributed by atoms with Crippen LogP contribution in [-0.4, -0.2) is 24.4 Å². The fourth-order valence-corrected chi connectivity index (χ4v) is 3.33. The minimum Gasteiger partial charge on any atom is -0.456 e. The molecule has 0 radical (unpaired) electrons. The summed E-state index contributed by atoms with van der Waals surface area (Å²) in [7, 11) is 0. The second kappa shape index (κ2) is 10.5. The third kappa shape index (κ3) is 7.29. The molecular weight excluding hydrogens is 504 g/mol. The van der Waals surface area contributed by atoms with Crippen LogP contribution >= 0.6 is 31.9 Å². The van der Waals surface area contributed by atoms with Crippen molar-refractivity contribution in [3.05, 3.63) is 56.0 Å². The summed E-state index contributed by atoms with van der Waals surface area (Å²) in [6.45, 7) is 5.32. The van der Waals surface area contributed by atoms with Crippen molar-refractivity contribution in [2.75, 3.05) is 17.2 Å². The van der Waals surface area contributed by atoms with Gasteiger partial charge >= 0.3 is 5.97 Å². The first-order valence-corrected chi connectivity index (χ1v) is 10.5. The number of amides is 2. The molecule has 6 nitrogen and oxygen atoms in total. The lowest BCUT2D eigenvalue weighted by Crippen LogP contribution is -2.22. The number of carbonyl (C=O) groups is 3. The quantitative estimate of drug-likeness (QED) is 0.496. The SMILES string of the molecule is Cc1cc(Br)ccc1NC(=O)CCC(=O)OCC(=O)Nc1cc(C)c(Br)c(C)c1. The van der Waals surface area contributed by atoms with E-state index in [9.17, 15) is 14.4 Å². The first-order chi connectivity index (χ1) is 13.7. The summed E-state index contributed by atoms with van der Waals surface area (Å²) in [5, 5.41) is 5.45. The van der Waals surface area contributed by atoms with Crippen LogP contribution in [0.1, 0.15) is 29.5 Å². The number of anilines is 2. The number of rotatable bonds is 7. The van der Waals surface area contributed by atoms with Crippen LogP contribution in [0.25, 0.3) is 0 Å². The Hall–Kier alpha value is -2.19. The molecular formula is C21H22Br2N2O4. The van der Waals surface area contributed by atoms with E-state index in [4.69, 9.17) is 4.74 Å². The summed E-state index contributed by atoms with van der Waals surface area (Å²) in [6.07, 6.45) is -0.133. The van der Waals surface area contributed by atoms with Gasteiger partial charge in [0.15, 0.2) is 6.61 Å². The molecule has 2 rings (SSSR count). The van der Waals surface area contributed by atoms with Crippen molar-refractivity contribution < 1.29 is 19.1 Å². The molecule has 0 saturated carbocycles. The molecule has 2 aromatic rings. The van der Waals surface area contributed by atoms with Crippen molar-refractivity contribution in [1.29, 1.82) is 0 Å². The molecule has 29 heavy (non-hydrogen) atoms. The van der Waals surface area contributed by atoms with Crippen molar-refractivity contribution >= 4 is 61.0 Å². The zero-order valence-electron chi connectivity index (χ0n) is 16.4. The van der Waals surface area contributed by atoms with Gasteiger partial charge in [-0.3, -0.25) is 14.4 Å². The molecule has 0 aliphatic carbocycles. The number of hydrogen-bond acceptors (Lipinski definition) is 4. The molecule has 0 unspecified atom stereocenters. The Morgan fingerprint density at radius 2 is 1.52 bits per heavy atom.